The summed E-state index contributed by atoms with van der Waals surface area (Å²) >= 11 is 1.42. The van der Waals surface area contributed by atoms with Gasteiger partial charge in [0.1, 0.15) is 0 Å². The Bertz CT molecular complexity index is 114. The minimum atomic E-state index is -1.10. The van der Waals surface area contributed by atoms with E-state index in [1.54, 1.807) is 0 Å². The number of hydrogen-bond acceptors (Lipinski definition) is 4. The van der Waals surface area contributed by atoms with Crippen LogP contribution < -0.4 is 0 Å². The van der Waals surface area contributed by atoms with Crippen LogP contribution in [0.2, 0.25) is 0 Å². The van der Waals surface area contributed by atoms with Gasteiger partial charge in [-0.25, -0.2) is 4.79 Å². The fourth-order valence-electron chi connectivity index (χ4n) is 0.165. The first-order chi connectivity index (χ1) is 4.27. The Morgan fingerprint density at radius 1 is 2.00 bits per heavy atom. The highest BCUT2D eigenvalue weighted by Gasteiger charge is 1.84. The van der Waals surface area contributed by atoms with Crippen molar-refractivity contribution in [1.29, 1.82) is 0 Å². The second-order valence-corrected chi connectivity index (χ2v) is 1.92. The zero-order valence-electron chi connectivity index (χ0n) is 4.90. The van der Waals surface area contributed by atoms with Crippen LogP contribution in [0.3, 0.4) is 0 Å². The van der Waals surface area contributed by atoms with Gasteiger partial charge in [-0.3, -0.25) is 0 Å². The van der Waals surface area contributed by atoms with E-state index in [1.165, 1.54) is 11.8 Å². The van der Waals surface area contributed by atoms with Crippen LogP contribution in [-0.2, 0) is 9.63 Å². The first-order valence-corrected chi connectivity index (χ1v) is 3.54. The number of aliphatic carboxylic acids is 1. The Labute approximate surface area is 56.9 Å². The van der Waals surface area contributed by atoms with Gasteiger partial charge in [-0.2, -0.15) is 0 Å². The smallest absolute Gasteiger partial charge is 0.350 e. The molecule has 5 heteroatoms. The zero-order chi connectivity index (χ0) is 7.11. The average molecular weight is 149 g/mol. The van der Waals surface area contributed by atoms with E-state index in [0.29, 0.717) is 12.2 Å². The highest BCUT2D eigenvalue weighted by Crippen LogP contribution is 1.90. The van der Waals surface area contributed by atoms with Gasteiger partial charge in [0.2, 0.25) is 0 Å². The molecule has 0 radical (unpaired) electrons. The van der Waals surface area contributed by atoms with E-state index in [-0.39, 0.29) is 0 Å². The van der Waals surface area contributed by atoms with Crippen LogP contribution in [0.15, 0.2) is 5.16 Å². The molecule has 0 rings (SSSR count). The van der Waals surface area contributed by atoms with Crippen molar-refractivity contribution >= 4 is 23.9 Å². The molecule has 4 nitrogen and oxygen atoms in total. The van der Waals surface area contributed by atoms with E-state index >= 15 is 0 Å². The van der Waals surface area contributed by atoms with Crippen molar-refractivity contribution < 1.29 is 14.7 Å². The van der Waals surface area contributed by atoms with Crippen molar-refractivity contribution in [2.45, 2.75) is 0 Å². The molecule has 0 amide bonds. The number of hydrogen-bond donors (Lipinski definition) is 1. The van der Waals surface area contributed by atoms with E-state index < -0.39 is 5.97 Å². The highest BCUT2D eigenvalue weighted by molar-refractivity contribution is 7.98. The lowest BCUT2D eigenvalue weighted by molar-refractivity contribution is -0.129. The molecule has 0 aliphatic heterocycles. The molecule has 9 heavy (non-hydrogen) atoms. The van der Waals surface area contributed by atoms with E-state index in [4.69, 9.17) is 5.11 Å². The summed E-state index contributed by atoms with van der Waals surface area (Å²) in [5.41, 5.74) is 0. The first-order valence-electron chi connectivity index (χ1n) is 2.14. The zero-order valence-corrected chi connectivity index (χ0v) is 5.72. The molecule has 0 aromatic heterocycles. The third-order valence-electron chi connectivity index (χ3n) is 0.408. The van der Waals surface area contributed by atoms with Gasteiger partial charge in [0.05, 0.1) is 0 Å². The number of rotatable bonds is 4. The maximum Gasteiger partial charge on any atom is 0.350 e. The fraction of sp³-hybridized carbons (Fsp3) is 0.500. The predicted molar refractivity (Wildman–Crippen MR) is 35.6 cm³/mol. The Kier molecular flexibility index (Phi) is 5.00. The summed E-state index contributed by atoms with van der Waals surface area (Å²) in [6, 6.07) is 0. The maximum atomic E-state index is 9.73. The van der Waals surface area contributed by atoms with E-state index in [9.17, 15) is 4.79 Å². The number of carboxylic acid groups (broad SMARTS) is 1. The molecule has 0 aliphatic rings. The van der Waals surface area contributed by atoms with Gasteiger partial charge in [0.25, 0.3) is 0 Å². The van der Waals surface area contributed by atoms with Crippen molar-refractivity contribution in [3.8, 4) is 0 Å². The second-order valence-electron chi connectivity index (χ2n) is 1.11. The number of thioether (sulfide) groups is 1. The summed E-state index contributed by atoms with van der Waals surface area (Å²) in [5, 5.41) is 11.1. The Morgan fingerprint density at radius 2 is 2.67 bits per heavy atom. The maximum absolute atomic E-state index is 9.73. The Morgan fingerprint density at radius 3 is 3.11 bits per heavy atom. The van der Waals surface area contributed by atoms with Crippen molar-refractivity contribution in [3.63, 3.8) is 0 Å². The van der Waals surface area contributed by atoms with Gasteiger partial charge < -0.3 is 9.94 Å². The molecule has 0 saturated carbocycles. The quantitative estimate of drug-likeness (QED) is 0.272. The van der Waals surface area contributed by atoms with Crippen LogP contribution in [0.25, 0.3) is 0 Å². The summed E-state index contributed by atoms with van der Waals surface area (Å²) in [5.74, 6) is -0.722. The molecule has 0 bridgehead atoms. The number of nitrogens with zero attached hydrogens (tertiary/aromatic N) is 1. The van der Waals surface area contributed by atoms with E-state index in [0.717, 1.165) is 0 Å². The topological polar surface area (TPSA) is 58.9 Å². The summed E-state index contributed by atoms with van der Waals surface area (Å²) in [4.78, 5) is 14.2. The van der Waals surface area contributed by atoms with Gasteiger partial charge in [-0.1, -0.05) is 5.16 Å². The van der Waals surface area contributed by atoms with Crippen molar-refractivity contribution in [2.75, 3.05) is 12.2 Å². The lowest BCUT2D eigenvalue weighted by atomic mass is 10.8. The second kappa shape index (κ2) is 5.43. The molecule has 0 atom stereocenters. The molecule has 1 N–H and O–H groups in total. The standard InChI is InChI=1S/C4H7NO3S/c1-9-3-8-5-2-4(6)7/h2H,3H2,1H3,(H,6,7). The minimum absolute atomic E-state index is 0.379. The molecule has 0 aromatic carbocycles. The predicted octanol–water partition coefficient (Wildman–Crippen LogP) is 0.394. The van der Waals surface area contributed by atoms with Gasteiger partial charge in [0.15, 0.2) is 12.2 Å². The van der Waals surface area contributed by atoms with Crippen LogP contribution in [0.1, 0.15) is 0 Å². The summed E-state index contributed by atoms with van der Waals surface area (Å²) in [6.45, 7) is 0. The number of oxime groups is 1. The number of carboxylic acids is 1. The number of carbonyl (C=O) groups is 1. The van der Waals surface area contributed by atoms with Crippen LogP contribution in [0.4, 0.5) is 0 Å². The summed E-state index contributed by atoms with van der Waals surface area (Å²) < 4.78 is 0. The molecule has 0 spiro atoms. The van der Waals surface area contributed by atoms with Crippen molar-refractivity contribution in [2.24, 2.45) is 5.16 Å². The van der Waals surface area contributed by atoms with Gasteiger partial charge in [-0.05, 0) is 6.26 Å². The normalized spacial score (nSPS) is 9.89. The fourth-order valence-corrected chi connectivity index (χ4v) is 0.332. The van der Waals surface area contributed by atoms with Crippen LogP contribution in [0, 0.1) is 0 Å². The Balaban J connectivity index is 3.15. The lowest BCUT2D eigenvalue weighted by Gasteiger charge is -1.89. The molecule has 0 unspecified atom stereocenters. The highest BCUT2D eigenvalue weighted by atomic mass is 32.2. The molecule has 0 heterocycles. The van der Waals surface area contributed by atoms with Crippen LogP contribution in [0.5, 0.6) is 0 Å². The minimum Gasteiger partial charge on any atom is -0.477 e. The lowest BCUT2D eigenvalue weighted by Crippen LogP contribution is -1.95. The summed E-state index contributed by atoms with van der Waals surface area (Å²) in [7, 11) is 0. The molecule has 0 aromatic rings. The molecule has 0 saturated heterocycles. The van der Waals surface area contributed by atoms with Crippen molar-refractivity contribution in [3.05, 3.63) is 0 Å². The largest absolute Gasteiger partial charge is 0.477 e. The molecule has 52 valence electrons. The van der Waals surface area contributed by atoms with E-state index in [1.807, 2.05) is 6.26 Å². The van der Waals surface area contributed by atoms with Crippen molar-refractivity contribution in [1.82, 2.24) is 0 Å². The third-order valence-corrected chi connectivity index (χ3v) is 0.749. The van der Waals surface area contributed by atoms with Crippen LogP contribution >= 0.6 is 11.8 Å². The molecule has 0 aliphatic carbocycles. The van der Waals surface area contributed by atoms with E-state index in [2.05, 4.69) is 9.99 Å². The monoisotopic (exact) mass is 149 g/mol. The van der Waals surface area contributed by atoms with Gasteiger partial charge >= 0.3 is 5.97 Å². The van der Waals surface area contributed by atoms with Gasteiger partial charge in [-0.15, -0.1) is 11.8 Å². The molecular formula is C4H7NO3S. The SMILES string of the molecule is CSCON=CC(=O)O. The third kappa shape index (κ3) is 7.29. The van der Waals surface area contributed by atoms with Gasteiger partial charge in [0, 0.05) is 0 Å². The molecular weight excluding hydrogens is 142 g/mol. The summed E-state index contributed by atoms with van der Waals surface area (Å²) in [6.07, 6.45) is 2.53. The first kappa shape index (κ1) is 8.29. The Hall–Kier alpha value is -0.710. The van der Waals surface area contributed by atoms with Crippen LogP contribution in [-0.4, -0.2) is 29.5 Å². The average Bonchev–Trinajstić information content (AvgIpc) is 1.80. The molecule has 0 fully saturated rings.